The number of rotatable bonds is 4. The van der Waals surface area contributed by atoms with E-state index in [0.29, 0.717) is 17.9 Å². The first-order valence-electron chi connectivity index (χ1n) is 6.21. The molecule has 1 atom stereocenters. The minimum Gasteiger partial charge on any atom is -0.316 e. The molecule has 1 unspecified atom stereocenters. The first-order valence-corrected chi connectivity index (χ1v) is 6.21. The molecule has 1 aliphatic heterocycles. The Morgan fingerprint density at radius 2 is 2.24 bits per heavy atom. The first-order chi connectivity index (χ1) is 8.25. The molecule has 1 N–H and O–H groups in total. The molecule has 0 spiro atoms. The summed E-state index contributed by atoms with van der Waals surface area (Å²) < 4.78 is 13.4. The summed E-state index contributed by atoms with van der Waals surface area (Å²) in [6.07, 6.45) is 3.04. The van der Waals surface area contributed by atoms with Crippen LogP contribution in [0, 0.1) is 11.7 Å². The Hall–Kier alpha value is -1.22. The Labute approximate surface area is 101 Å². The van der Waals surface area contributed by atoms with Gasteiger partial charge in [-0.05, 0) is 43.5 Å². The van der Waals surface area contributed by atoms with Crippen LogP contribution in [-0.4, -0.2) is 18.9 Å². The third kappa shape index (κ3) is 3.63. The van der Waals surface area contributed by atoms with Crippen LogP contribution >= 0.6 is 0 Å². The molecule has 1 aromatic carbocycles. The molecule has 1 heterocycles. The average Bonchev–Trinajstić information content (AvgIpc) is 2.33. The number of Topliss-reactive ketones (excluding diaryl/α,β-unsaturated/α-hetero) is 1. The molecule has 1 saturated heterocycles. The summed E-state index contributed by atoms with van der Waals surface area (Å²) in [5.74, 6) is 0.300. The third-order valence-electron chi connectivity index (χ3n) is 3.26. The summed E-state index contributed by atoms with van der Waals surface area (Å²) in [5.41, 5.74) is 0.515. The molecule has 2 rings (SSSR count). The molecule has 0 aromatic heterocycles. The van der Waals surface area contributed by atoms with Gasteiger partial charge in [-0.3, -0.25) is 4.79 Å². The number of nitrogens with one attached hydrogen (secondary N) is 1. The lowest BCUT2D eigenvalue weighted by Crippen LogP contribution is -2.31. The summed E-state index contributed by atoms with van der Waals surface area (Å²) >= 11 is 0. The van der Waals surface area contributed by atoms with Crippen LogP contribution in [0.1, 0.15) is 24.8 Å². The number of piperidine rings is 1. The van der Waals surface area contributed by atoms with E-state index in [2.05, 4.69) is 5.32 Å². The normalized spacial score (nSPS) is 20.2. The molecule has 92 valence electrons. The molecule has 1 aromatic rings. The van der Waals surface area contributed by atoms with Gasteiger partial charge in [0.1, 0.15) is 11.6 Å². The Kier molecular flexibility index (Phi) is 4.26. The van der Waals surface area contributed by atoms with Crippen LogP contribution in [0.2, 0.25) is 0 Å². The van der Waals surface area contributed by atoms with Gasteiger partial charge >= 0.3 is 0 Å². The van der Waals surface area contributed by atoms with E-state index in [0.717, 1.165) is 25.9 Å². The van der Waals surface area contributed by atoms with E-state index in [-0.39, 0.29) is 18.0 Å². The lowest BCUT2D eigenvalue weighted by Gasteiger charge is -2.21. The van der Waals surface area contributed by atoms with Crippen LogP contribution in [0.5, 0.6) is 0 Å². The summed E-state index contributed by atoms with van der Waals surface area (Å²) in [4.78, 5) is 11.8. The van der Waals surface area contributed by atoms with E-state index in [4.69, 9.17) is 0 Å². The molecular weight excluding hydrogens is 217 g/mol. The van der Waals surface area contributed by atoms with Crippen LogP contribution in [0.3, 0.4) is 0 Å². The Balaban J connectivity index is 1.86. The van der Waals surface area contributed by atoms with Gasteiger partial charge in [-0.2, -0.15) is 0 Å². The second kappa shape index (κ2) is 5.92. The zero-order valence-electron chi connectivity index (χ0n) is 9.92. The fourth-order valence-corrected chi connectivity index (χ4v) is 2.35. The standard InChI is InChI=1S/C14H18FNO/c15-14-6-2-1-5-12(14)9-13(17)8-11-4-3-7-16-10-11/h1-2,5-6,11,16H,3-4,7-10H2. The van der Waals surface area contributed by atoms with Gasteiger partial charge in [0, 0.05) is 12.8 Å². The Morgan fingerprint density at radius 1 is 1.41 bits per heavy atom. The number of halogens is 1. The lowest BCUT2D eigenvalue weighted by atomic mass is 9.92. The Morgan fingerprint density at radius 3 is 2.94 bits per heavy atom. The minimum atomic E-state index is -0.275. The molecule has 0 amide bonds. The lowest BCUT2D eigenvalue weighted by molar-refractivity contribution is -0.119. The second-order valence-electron chi connectivity index (χ2n) is 4.72. The number of carbonyl (C=O) groups is 1. The second-order valence-corrected chi connectivity index (χ2v) is 4.72. The minimum absolute atomic E-state index is 0.142. The smallest absolute Gasteiger partial charge is 0.137 e. The van der Waals surface area contributed by atoms with E-state index in [1.165, 1.54) is 6.07 Å². The molecule has 0 radical (unpaired) electrons. The van der Waals surface area contributed by atoms with Crippen molar-refractivity contribution in [3.8, 4) is 0 Å². The van der Waals surface area contributed by atoms with Gasteiger partial charge < -0.3 is 5.32 Å². The van der Waals surface area contributed by atoms with Gasteiger partial charge in [-0.1, -0.05) is 18.2 Å². The number of hydrogen-bond acceptors (Lipinski definition) is 2. The number of benzene rings is 1. The van der Waals surface area contributed by atoms with Crippen molar-refractivity contribution in [2.45, 2.75) is 25.7 Å². The van der Waals surface area contributed by atoms with E-state index in [9.17, 15) is 9.18 Å². The predicted octanol–water partition coefficient (Wildman–Crippen LogP) is 2.33. The monoisotopic (exact) mass is 235 g/mol. The number of carbonyl (C=O) groups excluding carboxylic acids is 1. The summed E-state index contributed by atoms with van der Waals surface area (Å²) in [6, 6.07) is 6.51. The first kappa shape index (κ1) is 12.2. The average molecular weight is 235 g/mol. The van der Waals surface area contributed by atoms with Crippen molar-refractivity contribution >= 4 is 5.78 Å². The maximum atomic E-state index is 13.4. The molecule has 0 bridgehead atoms. The zero-order valence-corrected chi connectivity index (χ0v) is 9.92. The molecule has 1 fully saturated rings. The van der Waals surface area contributed by atoms with E-state index in [1.807, 2.05) is 0 Å². The maximum absolute atomic E-state index is 13.4. The third-order valence-corrected chi connectivity index (χ3v) is 3.26. The van der Waals surface area contributed by atoms with Crippen molar-refractivity contribution in [2.75, 3.05) is 13.1 Å². The molecule has 2 nitrogen and oxygen atoms in total. The topological polar surface area (TPSA) is 29.1 Å². The number of hydrogen-bond donors (Lipinski definition) is 1. The molecule has 0 saturated carbocycles. The van der Waals surface area contributed by atoms with Gasteiger partial charge in [-0.15, -0.1) is 0 Å². The van der Waals surface area contributed by atoms with E-state index < -0.39 is 0 Å². The molecule has 0 aliphatic carbocycles. The van der Waals surface area contributed by atoms with Crippen molar-refractivity contribution in [3.05, 3.63) is 35.6 Å². The largest absolute Gasteiger partial charge is 0.316 e. The van der Waals surface area contributed by atoms with Crippen LogP contribution in [0.15, 0.2) is 24.3 Å². The fraction of sp³-hybridized carbons (Fsp3) is 0.500. The molecular formula is C14H18FNO. The summed E-state index contributed by atoms with van der Waals surface area (Å²) in [7, 11) is 0. The highest BCUT2D eigenvalue weighted by molar-refractivity contribution is 5.81. The van der Waals surface area contributed by atoms with Gasteiger partial charge in [0.05, 0.1) is 0 Å². The van der Waals surface area contributed by atoms with Gasteiger partial charge in [0.2, 0.25) is 0 Å². The Bertz CT molecular complexity index is 386. The summed E-state index contributed by atoms with van der Waals surface area (Å²) in [6.45, 7) is 1.97. The highest BCUT2D eigenvalue weighted by Crippen LogP contribution is 2.16. The predicted molar refractivity (Wildman–Crippen MR) is 65.3 cm³/mol. The van der Waals surface area contributed by atoms with E-state index in [1.54, 1.807) is 18.2 Å². The quantitative estimate of drug-likeness (QED) is 0.867. The van der Waals surface area contributed by atoms with Gasteiger partial charge in [-0.25, -0.2) is 4.39 Å². The van der Waals surface area contributed by atoms with Crippen molar-refractivity contribution in [1.82, 2.24) is 5.32 Å². The molecule has 17 heavy (non-hydrogen) atoms. The van der Waals surface area contributed by atoms with Gasteiger partial charge in [0.15, 0.2) is 0 Å². The van der Waals surface area contributed by atoms with E-state index >= 15 is 0 Å². The summed E-state index contributed by atoms with van der Waals surface area (Å²) in [5, 5.41) is 3.29. The van der Waals surface area contributed by atoms with Crippen LogP contribution < -0.4 is 5.32 Å². The van der Waals surface area contributed by atoms with Crippen LogP contribution in [0.4, 0.5) is 4.39 Å². The van der Waals surface area contributed by atoms with Crippen molar-refractivity contribution in [3.63, 3.8) is 0 Å². The number of ketones is 1. The highest BCUT2D eigenvalue weighted by atomic mass is 19.1. The zero-order chi connectivity index (χ0) is 12.1. The van der Waals surface area contributed by atoms with Crippen molar-refractivity contribution < 1.29 is 9.18 Å². The molecule has 3 heteroatoms. The van der Waals surface area contributed by atoms with Crippen molar-refractivity contribution in [1.29, 1.82) is 0 Å². The van der Waals surface area contributed by atoms with Gasteiger partial charge in [0.25, 0.3) is 0 Å². The molecule has 1 aliphatic rings. The van der Waals surface area contributed by atoms with Crippen LogP contribution in [-0.2, 0) is 11.2 Å². The van der Waals surface area contributed by atoms with Crippen molar-refractivity contribution in [2.24, 2.45) is 5.92 Å². The fourth-order valence-electron chi connectivity index (χ4n) is 2.35. The maximum Gasteiger partial charge on any atom is 0.137 e. The highest BCUT2D eigenvalue weighted by Gasteiger charge is 2.17. The SMILES string of the molecule is O=C(Cc1ccccc1F)CC1CCCNC1. The van der Waals surface area contributed by atoms with Crippen LogP contribution in [0.25, 0.3) is 0 Å².